The molecule has 0 radical (unpaired) electrons. The van der Waals surface area contributed by atoms with Crippen LogP contribution in [0.1, 0.15) is 44.5 Å². The third-order valence-electron chi connectivity index (χ3n) is 3.56. The number of nitrogens with zero attached hydrogens (tertiary/aromatic N) is 4. The largest absolute Gasteiger partial charge is 0.366 e. The topological polar surface area (TPSA) is 64.8 Å². The van der Waals surface area contributed by atoms with Gasteiger partial charge in [-0.05, 0) is 47.1 Å². The standard InChI is InChI=1S/C15H25N5/c1-10(2)20(11(3)4)8-7-17-15-14(9-16)12(5)13(6)18-19-15/h10-11H,7-8H2,1-6H3,(H,17,19). The Labute approximate surface area is 122 Å². The first-order valence-electron chi connectivity index (χ1n) is 7.12. The monoisotopic (exact) mass is 275 g/mol. The maximum absolute atomic E-state index is 9.24. The van der Waals surface area contributed by atoms with Gasteiger partial charge >= 0.3 is 0 Å². The van der Waals surface area contributed by atoms with E-state index >= 15 is 0 Å². The first-order valence-corrected chi connectivity index (χ1v) is 7.12. The molecule has 0 aliphatic heterocycles. The summed E-state index contributed by atoms with van der Waals surface area (Å²) in [7, 11) is 0. The quantitative estimate of drug-likeness (QED) is 0.864. The van der Waals surface area contributed by atoms with Crippen LogP contribution >= 0.6 is 0 Å². The number of hydrogen-bond acceptors (Lipinski definition) is 5. The predicted octanol–water partition coefficient (Wildman–Crippen LogP) is 2.50. The van der Waals surface area contributed by atoms with Crippen molar-refractivity contribution in [1.82, 2.24) is 15.1 Å². The van der Waals surface area contributed by atoms with E-state index in [0.717, 1.165) is 24.3 Å². The second-order valence-corrected chi connectivity index (χ2v) is 5.60. The molecule has 0 saturated carbocycles. The van der Waals surface area contributed by atoms with Crippen molar-refractivity contribution in [3.8, 4) is 6.07 Å². The minimum Gasteiger partial charge on any atom is -0.366 e. The van der Waals surface area contributed by atoms with E-state index in [4.69, 9.17) is 0 Å². The maximum Gasteiger partial charge on any atom is 0.166 e. The lowest BCUT2D eigenvalue weighted by atomic mass is 10.1. The van der Waals surface area contributed by atoms with E-state index in [9.17, 15) is 5.26 Å². The third-order valence-corrected chi connectivity index (χ3v) is 3.56. The minimum atomic E-state index is 0.498. The first kappa shape index (κ1) is 16.4. The Morgan fingerprint density at radius 2 is 1.75 bits per heavy atom. The van der Waals surface area contributed by atoms with Crippen LogP contribution < -0.4 is 5.32 Å². The smallest absolute Gasteiger partial charge is 0.166 e. The Bertz CT molecular complexity index is 480. The van der Waals surface area contributed by atoms with Crippen LogP contribution in [0.4, 0.5) is 5.82 Å². The predicted molar refractivity (Wildman–Crippen MR) is 81.7 cm³/mol. The number of nitrogens with one attached hydrogen (secondary N) is 1. The molecule has 0 saturated heterocycles. The molecule has 5 nitrogen and oxygen atoms in total. The van der Waals surface area contributed by atoms with Crippen molar-refractivity contribution in [2.24, 2.45) is 0 Å². The molecule has 20 heavy (non-hydrogen) atoms. The van der Waals surface area contributed by atoms with Gasteiger partial charge in [0, 0.05) is 25.2 Å². The second kappa shape index (κ2) is 7.20. The fourth-order valence-electron chi connectivity index (χ4n) is 2.29. The van der Waals surface area contributed by atoms with Gasteiger partial charge in [-0.25, -0.2) is 0 Å². The summed E-state index contributed by atoms with van der Waals surface area (Å²) < 4.78 is 0. The highest BCUT2D eigenvalue weighted by Gasteiger charge is 2.14. The minimum absolute atomic E-state index is 0.498. The fraction of sp³-hybridized carbons (Fsp3) is 0.667. The van der Waals surface area contributed by atoms with Gasteiger partial charge in [-0.1, -0.05) is 0 Å². The van der Waals surface area contributed by atoms with Gasteiger partial charge in [0.25, 0.3) is 0 Å². The van der Waals surface area contributed by atoms with Gasteiger partial charge in [-0.3, -0.25) is 4.90 Å². The molecule has 1 N–H and O–H groups in total. The van der Waals surface area contributed by atoms with Crippen LogP contribution in [0.2, 0.25) is 0 Å². The van der Waals surface area contributed by atoms with Crippen molar-refractivity contribution >= 4 is 5.82 Å². The van der Waals surface area contributed by atoms with E-state index in [-0.39, 0.29) is 0 Å². The zero-order valence-corrected chi connectivity index (χ0v) is 13.4. The molecule has 110 valence electrons. The van der Waals surface area contributed by atoms with Gasteiger partial charge < -0.3 is 5.32 Å². The molecule has 0 atom stereocenters. The molecule has 0 unspecified atom stereocenters. The van der Waals surface area contributed by atoms with Crippen LogP contribution in [-0.4, -0.2) is 40.3 Å². The van der Waals surface area contributed by atoms with Crippen LogP contribution in [0.25, 0.3) is 0 Å². The van der Waals surface area contributed by atoms with E-state index < -0.39 is 0 Å². The zero-order valence-electron chi connectivity index (χ0n) is 13.4. The maximum atomic E-state index is 9.24. The molecule has 1 aromatic rings. The van der Waals surface area contributed by atoms with Crippen LogP contribution in [0.5, 0.6) is 0 Å². The summed E-state index contributed by atoms with van der Waals surface area (Å²) in [4.78, 5) is 2.40. The van der Waals surface area contributed by atoms with Crippen molar-refractivity contribution in [1.29, 1.82) is 5.26 Å². The number of rotatable bonds is 6. The highest BCUT2D eigenvalue weighted by atomic mass is 15.2. The molecule has 1 aromatic heterocycles. The summed E-state index contributed by atoms with van der Waals surface area (Å²) in [6.45, 7) is 14.2. The molecular weight excluding hydrogens is 250 g/mol. The van der Waals surface area contributed by atoms with E-state index in [0.29, 0.717) is 23.5 Å². The van der Waals surface area contributed by atoms with E-state index in [1.165, 1.54) is 0 Å². The van der Waals surface area contributed by atoms with Gasteiger partial charge in [0.1, 0.15) is 11.6 Å². The van der Waals surface area contributed by atoms with E-state index in [1.54, 1.807) is 0 Å². The Hall–Kier alpha value is -1.67. The van der Waals surface area contributed by atoms with Gasteiger partial charge in [0.05, 0.1) is 5.69 Å². The van der Waals surface area contributed by atoms with E-state index in [1.807, 2.05) is 13.8 Å². The SMILES string of the molecule is Cc1nnc(NCCN(C(C)C)C(C)C)c(C#N)c1C. The molecule has 0 aromatic carbocycles. The molecule has 0 bridgehead atoms. The Kier molecular flexibility index (Phi) is 5.90. The number of hydrogen-bond donors (Lipinski definition) is 1. The average Bonchev–Trinajstić information content (AvgIpc) is 2.37. The van der Waals surface area contributed by atoms with E-state index in [2.05, 4.69) is 54.2 Å². The lowest BCUT2D eigenvalue weighted by Crippen LogP contribution is -2.40. The molecular formula is C15H25N5. The molecule has 5 heteroatoms. The van der Waals surface area contributed by atoms with Crippen molar-refractivity contribution in [3.63, 3.8) is 0 Å². The molecule has 1 rings (SSSR count). The molecule has 1 heterocycles. The normalized spacial score (nSPS) is 11.2. The summed E-state index contributed by atoms with van der Waals surface area (Å²) >= 11 is 0. The van der Waals surface area contributed by atoms with Gasteiger partial charge in [-0.15, -0.1) is 5.10 Å². The highest BCUT2D eigenvalue weighted by Crippen LogP contribution is 2.16. The summed E-state index contributed by atoms with van der Waals surface area (Å²) in [5, 5.41) is 20.6. The van der Waals surface area contributed by atoms with Crippen LogP contribution in [-0.2, 0) is 0 Å². The van der Waals surface area contributed by atoms with Crippen LogP contribution in [0.15, 0.2) is 0 Å². The van der Waals surface area contributed by atoms with Crippen LogP contribution in [0.3, 0.4) is 0 Å². The number of nitriles is 1. The number of aryl methyl sites for hydroxylation is 1. The Morgan fingerprint density at radius 1 is 1.15 bits per heavy atom. The fourth-order valence-corrected chi connectivity index (χ4v) is 2.29. The summed E-state index contributed by atoms with van der Waals surface area (Å²) in [6.07, 6.45) is 0. The summed E-state index contributed by atoms with van der Waals surface area (Å²) in [6, 6.07) is 3.21. The highest BCUT2D eigenvalue weighted by molar-refractivity contribution is 5.55. The molecule has 0 aliphatic rings. The zero-order chi connectivity index (χ0) is 15.3. The third kappa shape index (κ3) is 3.91. The summed E-state index contributed by atoms with van der Waals surface area (Å²) in [5.41, 5.74) is 2.30. The molecule has 0 spiro atoms. The van der Waals surface area contributed by atoms with Crippen molar-refractivity contribution in [2.45, 2.75) is 53.6 Å². The van der Waals surface area contributed by atoms with Gasteiger partial charge in [0.2, 0.25) is 0 Å². The first-order chi connectivity index (χ1) is 9.38. The Morgan fingerprint density at radius 3 is 2.25 bits per heavy atom. The lowest BCUT2D eigenvalue weighted by molar-refractivity contribution is 0.182. The molecule has 0 fully saturated rings. The average molecular weight is 275 g/mol. The Balaban J connectivity index is 2.72. The van der Waals surface area contributed by atoms with Crippen molar-refractivity contribution < 1.29 is 0 Å². The van der Waals surface area contributed by atoms with Crippen LogP contribution in [0, 0.1) is 25.2 Å². The van der Waals surface area contributed by atoms with Crippen molar-refractivity contribution in [2.75, 3.05) is 18.4 Å². The number of aromatic nitrogens is 2. The second-order valence-electron chi connectivity index (χ2n) is 5.60. The number of anilines is 1. The molecule has 0 amide bonds. The van der Waals surface area contributed by atoms with Gasteiger partial charge in [0.15, 0.2) is 5.82 Å². The molecule has 0 aliphatic carbocycles. The lowest BCUT2D eigenvalue weighted by Gasteiger charge is -2.30. The van der Waals surface area contributed by atoms with Gasteiger partial charge in [-0.2, -0.15) is 10.4 Å². The summed E-state index contributed by atoms with van der Waals surface area (Å²) in [5.74, 6) is 0.586. The van der Waals surface area contributed by atoms with Crippen molar-refractivity contribution in [3.05, 3.63) is 16.8 Å².